The number of nitrogens with two attached hydrogens (primary N) is 1. The third-order valence-electron chi connectivity index (χ3n) is 2.83. The first-order chi connectivity index (χ1) is 9.40. The van der Waals surface area contributed by atoms with Gasteiger partial charge in [-0.1, -0.05) is 11.6 Å². The monoisotopic (exact) mass is 297 g/mol. The highest BCUT2D eigenvalue weighted by molar-refractivity contribution is 6.30. The zero-order valence-corrected chi connectivity index (χ0v) is 11.7. The largest absolute Gasteiger partial charge is 0.457 e. The fraction of sp³-hybridized carbons (Fsp3) is 0.231. The Bertz CT molecular complexity index is 670. The Kier molecular flexibility index (Phi) is 3.94. The Morgan fingerprint density at radius 3 is 2.85 bits per heavy atom. The molecule has 0 unspecified atom stereocenters. The summed E-state index contributed by atoms with van der Waals surface area (Å²) in [5.74, 6) is -1.48. The number of carbonyl (C=O) groups excluding carboxylic acids is 1. The number of hydrogen-bond donors (Lipinski definition) is 1. The molecule has 2 N–H and O–H groups in total. The van der Waals surface area contributed by atoms with Gasteiger partial charge in [-0.25, -0.2) is 9.18 Å². The number of esters is 1. The first kappa shape index (κ1) is 14.3. The number of hydrogen-bond acceptors (Lipinski definition) is 4. The molecule has 0 aliphatic carbocycles. The van der Waals surface area contributed by atoms with Crippen molar-refractivity contribution in [3.05, 3.63) is 46.0 Å². The van der Waals surface area contributed by atoms with E-state index in [-0.39, 0.29) is 17.9 Å². The quantitative estimate of drug-likeness (QED) is 0.698. The molecular formula is C13H13ClFN3O2. The van der Waals surface area contributed by atoms with E-state index >= 15 is 0 Å². The van der Waals surface area contributed by atoms with Crippen molar-refractivity contribution >= 4 is 23.3 Å². The molecule has 1 aromatic carbocycles. The van der Waals surface area contributed by atoms with Crippen LogP contribution in [0.25, 0.3) is 0 Å². The molecule has 0 radical (unpaired) electrons. The van der Waals surface area contributed by atoms with Crippen molar-refractivity contribution in [1.82, 2.24) is 9.78 Å². The van der Waals surface area contributed by atoms with Crippen molar-refractivity contribution in [3.63, 3.8) is 0 Å². The number of halogens is 2. The number of anilines is 1. The van der Waals surface area contributed by atoms with Crippen LogP contribution in [0.1, 0.15) is 21.6 Å². The fourth-order valence-electron chi connectivity index (χ4n) is 1.75. The number of ether oxygens (including phenoxy) is 1. The molecule has 0 fully saturated rings. The van der Waals surface area contributed by atoms with Gasteiger partial charge in [-0.15, -0.1) is 0 Å². The lowest BCUT2D eigenvalue weighted by molar-refractivity contribution is 0.0467. The van der Waals surface area contributed by atoms with Crippen molar-refractivity contribution in [2.24, 2.45) is 7.05 Å². The van der Waals surface area contributed by atoms with Gasteiger partial charge in [-0.05, 0) is 25.1 Å². The number of aryl methyl sites for hydroxylation is 2. The Balaban J connectivity index is 2.15. The first-order valence-corrected chi connectivity index (χ1v) is 6.18. The Morgan fingerprint density at radius 1 is 1.55 bits per heavy atom. The van der Waals surface area contributed by atoms with Crippen molar-refractivity contribution in [3.8, 4) is 0 Å². The second kappa shape index (κ2) is 5.50. The molecule has 1 aromatic heterocycles. The van der Waals surface area contributed by atoms with Gasteiger partial charge in [0.05, 0.1) is 11.3 Å². The van der Waals surface area contributed by atoms with Crippen LogP contribution < -0.4 is 5.73 Å². The minimum absolute atomic E-state index is 0.0778. The average molecular weight is 298 g/mol. The fourth-order valence-corrected chi connectivity index (χ4v) is 1.98. The van der Waals surface area contributed by atoms with E-state index in [1.54, 1.807) is 14.0 Å². The number of benzene rings is 1. The number of nitrogen functional groups attached to an aromatic ring is 1. The lowest BCUT2D eigenvalue weighted by Gasteiger charge is -2.06. The number of carbonyl (C=O) groups is 1. The zero-order valence-electron chi connectivity index (χ0n) is 11.0. The van der Waals surface area contributed by atoms with E-state index < -0.39 is 11.8 Å². The minimum atomic E-state index is -0.797. The standard InChI is InChI=1S/C13H13ClFN3O2/c1-7-10(12(14)18(2)17-7)6-20-13(19)9-5-8(16)3-4-11(9)15/h3-5H,6,16H2,1-2H3. The number of aromatic nitrogens is 2. The van der Waals surface area contributed by atoms with E-state index in [9.17, 15) is 9.18 Å². The van der Waals surface area contributed by atoms with Gasteiger partial charge in [0.25, 0.3) is 0 Å². The molecule has 106 valence electrons. The Labute approximate surface area is 120 Å². The minimum Gasteiger partial charge on any atom is -0.457 e. The molecule has 2 rings (SSSR count). The summed E-state index contributed by atoms with van der Waals surface area (Å²) in [7, 11) is 1.68. The molecule has 0 saturated carbocycles. The van der Waals surface area contributed by atoms with E-state index in [4.69, 9.17) is 22.1 Å². The van der Waals surface area contributed by atoms with E-state index in [0.29, 0.717) is 16.4 Å². The molecule has 0 spiro atoms. The van der Waals surface area contributed by atoms with Gasteiger partial charge in [0.15, 0.2) is 0 Å². The molecule has 0 amide bonds. The van der Waals surface area contributed by atoms with Crippen molar-refractivity contribution < 1.29 is 13.9 Å². The van der Waals surface area contributed by atoms with E-state index in [0.717, 1.165) is 6.07 Å². The SMILES string of the molecule is Cc1nn(C)c(Cl)c1COC(=O)c1cc(N)ccc1F. The summed E-state index contributed by atoms with van der Waals surface area (Å²) in [5.41, 5.74) is 6.84. The third-order valence-corrected chi connectivity index (χ3v) is 3.30. The predicted molar refractivity (Wildman–Crippen MR) is 72.9 cm³/mol. The molecule has 2 aromatic rings. The van der Waals surface area contributed by atoms with E-state index in [1.807, 2.05) is 0 Å². The Hall–Kier alpha value is -2.08. The predicted octanol–water partition coefficient (Wildman–Crippen LogP) is 2.46. The van der Waals surface area contributed by atoms with Gasteiger partial charge in [0.2, 0.25) is 0 Å². The lowest BCUT2D eigenvalue weighted by Crippen LogP contribution is -2.08. The molecule has 1 heterocycles. The van der Waals surface area contributed by atoms with E-state index in [1.165, 1.54) is 16.8 Å². The van der Waals surface area contributed by atoms with Crippen molar-refractivity contribution in [2.75, 3.05) is 5.73 Å². The number of nitrogens with zero attached hydrogens (tertiary/aromatic N) is 2. The summed E-state index contributed by atoms with van der Waals surface area (Å²) < 4.78 is 20.0. The van der Waals surface area contributed by atoms with Gasteiger partial charge >= 0.3 is 5.97 Å². The molecule has 0 aliphatic heterocycles. The van der Waals surface area contributed by atoms with Crippen LogP contribution in [-0.4, -0.2) is 15.7 Å². The van der Waals surface area contributed by atoms with Crippen LogP contribution in [0.5, 0.6) is 0 Å². The summed E-state index contributed by atoms with van der Waals surface area (Å²) in [4.78, 5) is 11.8. The summed E-state index contributed by atoms with van der Waals surface area (Å²) >= 11 is 6.02. The highest BCUT2D eigenvalue weighted by atomic mass is 35.5. The molecule has 0 aliphatic rings. The van der Waals surface area contributed by atoms with Gasteiger partial charge in [0.1, 0.15) is 17.6 Å². The molecular weight excluding hydrogens is 285 g/mol. The molecule has 0 saturated heterocycles. The molecule has 7 heteroatoms. The van der Waals surface area contributed by atoms with Crippen LogP contribution in [0.2, 0.25) is 5.15 Å². The van der Waals surface area contributed by atoms with Crippen LogP contribution in [-0.2, 0) is 18.4 Å². The second-order valence-corrected chi connectivity index (χ2v) is 4.65. The van der Waals surface area contributed by atoms with Crippen LogP contribution >= 0.6 is 11.6 Å². The highest BCUT2D eigenvalue weighted by Crippen LogP contribution is 2.20. The smallest absolute Gasteiger partial charge is 0.341 e. The lowest BCUT2D eigenvalue weighted by atomic mass is 10.2. The van der Waals surface area contributed by atoms with Crippen LogP contribution in [0.4, 0.5) is 10.1 Å². The van der Waals surface area contributed by atoms with Crippen molar-refractivity contribution in [1.29, 1.82) is 0 Å². The first-order valence-electron chi connectivity index (χ1n) is 5.80. The normalized spacial score (nSPS) is 10.6. The second-order valence-electron chi connectivity index (χ2n) is 4.29. The van der Waals surface area contributed by atoms with Crippen LogP contribution in [0.3, 0.4) is 0 Å². The summed E-state index contributed by atoms with van der Waals surface area (Å²) in [6.07, 6.45) is 0. The van der Waals surface area contributed by atoms with Gasteiger partial charge in [-0.2, -0.15) is 5.10 Å². The average Bonchev–Trinajstić information content (AvgIpc) is 2.64. The Morgan fingerprint density at radius 2 is 2.25 bits per heavy atom. The van der Waals surface area contributed by atoms with Crippen molar-refractivity contribution in [2.45, 2.75) is 13.5 Å². The van der Waals surface area contributed by atoms with E-state index in [2.05, 4.69) is 5.10 Å². The molecule has 0 bridgehead atoms. The molecule has 0 atom stereocenters. The zero-order chi connectivity index (χ0) is 14.9. The summed E-state index contributed by atoms with van der Waals surface area (Å²) in [6.45, 7) is 1.67. The highest BCUT2D eigenvalue weighted by Gasteiger charge is 2.17. The number of rotatable bonds is 3. The topological polar surface area (TPSA) is 70.1 Å². The van der Waals surface area contributed by atoms with Gasteiger partial charge in [0, 0.05) is 18.3 Å². The molecule has 20 heavy (non-hydrogen) atoms. The van der Waals surface area contributed by atoms with Crippen LogP contribution in [0, 0.1) is 12.7 Å². The summed E-state index contributed by atoms with van der Waals surface area (Å²) in [6, 6.07) is 3.72. The molecule has 5 nitrogen and oxygen atoms in total. The maximum atomic E-state index is 13.5. The maximum absolute atomic E-state index is 13.5. The maximum Gasteiger partial charge on any atom is 0.341 e. The van der Waals surface area contributed by atoms with Gasteiger partial charge < -0.3 is 10.5 Å². The third kappa shape index (κ3) is 2.75. The van der Waals surface area contributed by atoms with Gasteiger partial charge in [-0.3, -0.25) is 4.68 Å². The summed E-state index contributed by atoms with van der Waals surface area (Å²) in [5, 5.41) is 4.47. The van der Waals surface area contributed by atoms with Crippen LogP contribution in [0.15, 0.2) is 18.2 Å².